The second-order valence-electron chi connectivity index (χ2n) is 3.13. The molecule has 0 aromatic rings. The summed E-state index contributed by atoms with van der Waals surface area (Å²) in [6, 6.07) is 2.44. The molecule has 0 spiro atoms. The van der Waals surface area contributed by atoms with Gasteiger partial charge in [0, 0.05) is 11.6 Å². The molecule has 0 aliphatic carbocycles. The van der Waals surface area contributed by atoms with E-state index in [1.54, 1.807) is 0 Å². The zero-order valence-corrected chi connectivity index (χ0v) is 7.01. The van der Waals surface area contributed by atoms with Gasteiger partial charge in [-0.1, -0.05) is 13.0 Å². The number of nitriles is 1. The van der Waals surface area contributed by atoms with Crippen LogP contribution in [-0.2, 0) is 0 Å². The van der Waals surface area contributed by atoms with E-state index < -0.39 is 0 Å². The molecule has 2 heteroatoms. The highest BCUT2D eigenvalue weighted by Gasteiger charge is 2.20. The third-order valence-corrected chi connectivity index (χ3v) is 2.32. The molecule has 0 bridgehead atoms. The maximum absolute atomic E-state index is 8.63. The molecular formula is C9H14N2. The van der Waals surface area contributed by atoms with E-state index in [0.29, 0.717) is 11.6 Å². The lowest BCUT2D eigenvalue weighted by Gasteiger charge is -2.31. The van der Waals surface area contributed by atoms with Gasteiger partial charge in [-0.2, -0.15) is 5.26 Å². The van der Waals surface area contributed by atoms with E-state index in [0.717, 1.165) is 13.0 Å². The van der Waals surface area contributed by atoms with E-state index in [2.05, 4.69) is 24.6 Å². The molecule has 0 saturated carbocycles. The monoisotopic (exact) mass is 150 g/mol. The average molecular weight is 150 g/mol. The molecule has 1 aliphatic heterocycles. The summed E-state index contributed by atoms with van der Waals surface area (Å²) < 4.78 is 0. The van der Waals surface area contributed by atoms with E-state index in [1.165, 1.54) is 12.8 Å². The van der Waals surface area contributed by atoms with E-state index in [9.17, 15) is 0 Å². The fourth-order valence-electron chi connectivity index (χ4n) is 1.59. The number of likely N-dealkylation sites (tertiary alicyclic amines) is 1. The van der Waals surface area contributed by atoms with Crippen molar-refractivity contribution in [2.45, 2.75) is 25.3 Å². The maximum Gasteiger partial charge on any atom is 0.0957 e. The lowest BCUT2D eigenvalue weighted by molar-refractivity contribution is 0.216. The lowest BCUT2D eigenvalue weighted by atomic mass is 9.98. The van der Waals surface area contributed by atoms with Crippen molar-refractivity contribution in [2.75, 3.05) is 13.6 Å². The molecule has 11 heavy (non-hydrogen) atoms. The number of piperidine rings is 1. The molecule has 1 saturated heterocycles. The normalized spacial score (nSPS) is 26.0. The molecule has 0 N–H and O–H groups in total. The van der Waals surface area contributed by atoms with Gasteiger partial charge >= 0.3 is 0 Å². The molecule has 1 rings (SSSR count). The minimum absolute atomic E-state index is 0.314. The Hall–Kier alpha value is -0.810. The first-order chi connectivity index (χ1) is 5.25. The van der Waals surface area contributed by atoms with Crippen LogP contribution < -0.4 is 0 Å². The van der Waals surface area contributed by atoms with E-state index in [4.69, 9.17) is 5.26 Å². The third-order valence-electron chi connectivity index (χ3n) is 2.32. The summed E-state index contributed by atoms with van der Waals surface area (Å²) in [6.07, 6.45) is 3.59. The quantitative estimate of drug-likeness (QED) is 0.530. The highest BCUT2D eigenvalue weighted by molar-refractivity contribution is 5.23. The number of hydrogen-bond donors (Lipinski definition) is 0. The Morgan fingerprint density at radius 3 is 2.91 bits per heavy atom. The Bertz CT molecular complexity index is 190. The summed E-state index contributed by atoms with van der Waals surface area (Å²) in [5.74, 6) is 0. The minimum atomic E-state index is 0.314. The fourth-order valence-corrected chi connectivity index (χ4v) is 1.59. The topological polar surface area (TPSA) is 27.0 Å². The SMILES string of the molecule is C=C(C#N)C1CCCCN1C. The summed E-state index contributed by atoms with van der Waals surface area (Å²) in [5, 5.41) is 8.63. The van der Waals surface area contributed by atoms with Crippen molar-refractivity contribution in [3.05, 3.63) is 12.2 Å². The minimum Gasteiger partial charge on any atom is -0.299 e. The van der Waals surface area contributed by atoms with Crippen molar-refractivity contribution in [3.8, 4) is 6.07 Å². The van der Waals surface area contributed by atoms with Crippen LogP contribution in [0.1, 0.15) is 19.3 Å². The van der Waals surface area contributed by atoms with Crippen molar-refractivity contribution in [1.82, 2.24) is 4.90 Å². The smallest absolute Gasteiger partial charge is 0.0957 e. The summed E-state index contributed by atoms with van der Waals surface area (Å²) in [7, 11) is 2.06. The molecule has 0 aromatic heterocycles. The first kappa shape index (κ1) is 8.29. The Labute approximate surface area is 68.1 Å². The highest BCUT2D eigenvalue weighted by Crippen LogP contribution is 2.19. The van der Waals surface area contributed by atoms with Crippen molar-refractivity contribution in [1.29, 1.82) is 5.26 Å². The number of hydrogen-bond acceptors (Lipinski definition) is 2. The first-order valence-corrected chi connectivity index (χ1v) is 4.05. The van der Waals surface area contributed by atoms with Crippen molar-refractivity contribution in [2.24, 2.45) is 0 Å². The largest absolute Gasteiger partial charge is 0.299 e. The van der Waals surface area contributed by atoms with Gasteiger partial charge in [0.25, 0.3) is 0 Å². The summed E-state index contributed by atoms with van der Waals surface area (Å²) in [4.78, 5) is 2.22. The van der Waals surface area contributed by atoms with Crippen LogP contribution in [0, 0.1) is 11.3 Å². The lowest BCUT2D eigenvalue weighted by Crippen LogP contribution is -2.36. The first-order valence-electron chi connectivity index (χ1n) is 4.05. The molecule has 1 atom stereocenters. The summed E-state index contributed by atoms with van der Waals surface area (Å²) in [5.41, 5.74) is 0.715. The zero-order chi connectivity index (χ0) is 8.27. The van der Waals surface area contributed by atoms with Crippen LogP contribution in [0.25, 0.3) is 0 Å². The van der Waals surface area contributed by atoms with Crippen LogP contribution in [0.15, 0.2) is 12.2 Å². The maximum atomic E-state index is 8.63. The molecule has 2 nitrogen and oxygen atoms in total. The molecule has 0 aromatic carbocycles. The van der Waals surface area contributed by atoms with Gasteiger partial charge in [0.15, 0.2) is 0 Å². The molecule has 0 radical (unpaired) electrons. The van der Waals surface area contributed by atoms with Crippen LogP contribution >= 0.6 is 0 Å². The Balaban J connectivity index is 2.56. The third kappa shape index (κ3) is 1.81. The van der Waals surface area contributed by atoms with Crippen molar-refractivity contribution >= 4 is 0 Å². The number of nitrogens with zero attached hydrogens (tertiary/aromatic N) is 2. The molecule has 1 aliphatic rings. The average Bonchev–Trinajstić information content (AvgIpc) is 2.04. The Morgan fingerprint density at radius 2 is 2.36 bits per heavy atom. The second-order valence-corrected chi connectivity index (χ2v) is 3.13. The molecule has 1 fully saturated rings. The summed E-state index contributed by atoms with van der Waals surface area (Å²) >= 11 is 0. The predicted octanol–water partition coefficient (Wildman–Crippen LogP) is 1.55. The van der Waals surface area contributed by atoms with Crippen LogP contribution in [0.5, 0.6) is 0 Å². The van der Waals surface area contributed by atoms with Crippen LogP contribution in [-0.4, -0.2) is 24.5 Å². The predicted molar refractivity (Wildman–Crippen MR) is 45.0 cm³/mol. The van der Waals surface area contributed by atoms with E-state index >= 15 is 0 Å². The van der Waals surface area contributed by atoms with Gasteiger partial charge in [0.2, 0.25) is 0 Å². The molecule has 1 heterocycles. The Kier molecular flexibility index (Phi) is 2.67. The molecule has 60 valence electrons. The van der Waals surface area contributed by atoms with Gasteiger partial charge in [-0.05, 0) is 26.4 Å². The van der Waals surface area contributed by atoms with Crippen LogP contribution in [0.4, 0.5) is 0 Å². The Morgan fingerprint density at radius 1 is 1.64 bits per heavy atom. The van der Waals surface area contributed by atoms with Gasteiger partial charge in [-0.15, -0.1) is 0 Å². The molecule has 0 amide bonds. The van der Waals surface area contributed by atoms with Gasteiger partial charge in [0.05, 0.1) is 6.07 Å². The van der Waals surface area contributed by atoms with Crippen LogP contribution in [0.2, 0.25) is 0 Å². The van der Waals surface area contributed by atoms with E-state index in [1.807, 2.05) is 0 Å². The number of rotatable bonds is 1. The van der Waals surface area contributed by atoms with Crippen LogP contribution in [0.3, 0.4) is 0 Å². The van der Waals surface area contributed by atoms with Crippen molar-refractivity contribution in [3.63, 3.8) is 0 Å². The van der Waals surface area contributed by atoms with Gasteiger partial charge in [0.1, 0.15) is 0 Å². The fraction of sp³-hybridized carbons (Fsp3) is 0.667. The molecular weight excluding hydrogens is 136 g/mol. The van der Waals surface area contributed by atoms with Gasteiger partial charge < -0.3 is 0 Å². The van der Waals surface area contributed by atoms with Gasteiger partial charge in [-0.25, -0.2) is 0 Å². The highest BCUT2D eigenvalue weighted by atomic mass is 15.1. The van der Waals surface area contributed by atoms with E-state index in [-0.39, 0.29) is 0 Å². The second kappa shape index (κ2) is 3.54. The molecule has 1 unspecified atom stereocenters. The van der Waals surface area contributed by atoms with Gasteiger partial charge in [-0.3, -0.25) is 4.90 Å². The van der Waals surface area contributed by atoms with Crippen molar-refractivity contribution < 1.29 is 0 Å². The zero-order valence-electron chi connectivity index (χ0n) is 7.01. The summed E-state index contributed by atoms with van der Waals surface area (Å²) in [6.45, 7) is 4.85. The number of likely N-dealkylation sites (N-methyl/N-ethyl adjacent to an activating group) is 1. The standard InChI is InChI=1S/C9H14N2/c1-8(7-10)9-5-3-4-6-11(9)2/h9H,1,3-6H2,2H3.